The summed E-state index contributed by atoms with van der Waals surface area (Å²) in [5, 5.41) is 209. The molecule has 30 atom stereocenters. The molecule has 6 heterocycles. The van der Waals surface area contributed by atoms with E-state index in [1.54, 1.807) is 0 Å². The number of ether oxygens (including phenoxy) is 11. The molecule has 32 nitrogen and oxygen atoms in total. The van der Waals surface area contributed by atoms with Gasteiger partial charge in [0, 0.05) is 0 Å². The number of carboxylic acid groups (broad SMARTS) is 1. The number of aliphatic carboxylic acids is 1. The van der Waals surface area contributed by atoms with Gasteiger partial charge in [0.1, 0.15) is 140 Å². The lowest BCUT2D eigenvalue weighted by Gasteiger charge is -2.49. The topological polar surface area (TPSA) is 523 Å². The van der Waals surface area contributed by atoms with Gasteiger partial charge in [-0.05, 0) is 0 Å². The molecule has 0 aromatic carbocycles. The molecule has 6 fully saturated rings. The first-order chi connectivity index (χ1) is 32.1. The van der Waals surface area contributed by atoms with E-state index in [0.717, 1.165) is 0 Å². The van der Waals surface area contributed by atoms with Crippen LogP contribution in [0.4, 0.5) is 0 Å². The van der Waals surface area contributed by atoms with E-state index in [1.165, 1.54) is 0 Å². The molecular formula is C36H60O32. The minimum Gasteiger partial charge on any atom is -0.479 e. The molecule has 6 saturated heterocycles. The quantitative estimate of drug-likeness (QED) is 0.0683. The molecule has 0 spiro atoms. The summed E-state index contributed by atoms with van der Waals surface area (Å²) in [6.07, 6.45) is -59.6. The lowest BCUT2D eigenvalue weighted by Crippen LogP contribution is -2.68. The Morgan fingerprint density at radius 3 is 0.912 bits per heavy atom. The first-order valence-electron chi connectivity index (χ1n) is 21.1. The molecule has 0 aliphatic carbocycles. The second-order valence-electron chi connectivity index (χ2n) is 16.8. The lowest BCUT2D eigenvalue weighted by atomic mass is 9.95. The molecule has 0 radical (unpaired) electrons. The Labute approximate surface area is 382 Å². The summed E-state index contributed by atoms with van der Waals surface area (Å²) >= 11 is 0. The molecule has 20 N–H and O–H groups in total. The van der Waals surface area contributed by atoms with Crippen molar-refractivity contribution in [2.24, 2.45) is 0 Å². The normalized spacial score (nSPS) is 52.7. The Hall–Kier alpha value is -1.73. The summed E-state index contributed by atoms with van der Waals surface area (Å²) in [5.41, 5.74) is 0. The van der Waals surface area contributed by atoms with Crippen molar-refractivity contribution in [3.05, 3.63) is 0 Å². The average Bonchev–Trinajstić information content (AvgIpc) is 3.32. The molecule has 0 amide bonds. The number of aliphatic hydroxyl groups excluding tert-OH is 19. The molecule has 0 aromatic rings. The van der Waals surface area contributed by atoms with Crippen LogP contribution in [0.15, 0.2) is 0 Å². The van der Waals surface area contributed by atoms with Gasteiger partial charge in [0.2, 0.25) is 0 Å². The Morgan fingerprint density at radius 1 is 0.309 bits per heavy atom. The Kier molecular flexibility index (Phi) is 19.2. The van der Waals surface area contributed by atoms with Gasteiger partial charge in [-0.15, -0.1) is 0 Å². The zero-order valence-electron chi connectivity index (χ0n) is 35.2. The van der Waals surface area contributed by atoms with Crippen molar-refractivity contribution in [1.29, 1.82) is 0 Å². The van der Waals surface area contributed by atoms with E-state index in [4.69, 9.17) is 52.1 Å². The van der Waals surface area contributed by atoms with Crippen LogP contribution in [0.3, 0.4) is 0 Å². The first kappa shape index (κ1) is 55.6. The second-order valence-corrected chi connectivity index (χ2v) is 16.8. The summed E-state index contributed by atoms with van der Waals surface area (Å²) in [5.74, 6) is -1.91. The largest absolute Gasteiger partial charge is 0.479 e. The summed E-state index contributed by atoms with van der Waals surface area (Å²) in [6, 6.07) is 0. The maximum Gasteiger partial charge on any atom is 0.335 e. The van der Waals surface area contributed by atoms with Crippen LogP contribution in [0.1, 0.15) is 0 Å². The second kappa shape index (κ2) is 23.4. The van der Waals surface area contributed by atoms with Crippen LogP contribution in [-0.4, -0.2) is 325 Å². The van der Waals surface area contributed by atoms with Crippen molar-refractivity contribution < 1.29 is 159 Å². The van der Waals surface area contributed by atoms with E-state index in [9.17, 15) is 107 Å². The smallest absolute Gasteiger partial charge is 0.335 e. The number of carboxylic acids is 1. The van der Waals surface area contributed by atoms with E-state index >= 15 is 0 Å². The summed E-state index contributed by atoms with van der Waals surface area (Å²) in [4.78, 5) is 12.5. The van der Waals surface area contributed by atoms with Crippen LogP contribution in [0.5, 0.6) is 0 Å². The number of hydrogen-bond donors (Lipinski definition) is 20. The molecule has 0 aromatic heterocycles. The fraction of sp³-hybridized carbons (Fsp3) is 0.972. The number of hydrogen-bond acceptors (Lipinski definition) is 31. The Morgan fingerprint density at radius 2 is 0.574 bits per heavy atom. The van der Waals surface area contributed by atoms with Gasteiger partial charge in [-0.25, -0.2) is 4.79 Å². The van der Waals surface area contributed by atoms with Gasteiger partial charge in [-0.1, -0.05) is 0 Å². The standard InChI is InChI=1S/C36H60O32/c37-1-6-11(42)12(43)19(50)32(59-6)64-25-9(4-40)62-35(22(53)16(25)47)67-28-17(48)23(54)36(68-29(28)30(55)56)66-27-10(5-41)61-34(21(52)15(27)46)65-26-8(3-39)60-33(20(51)14(26)45)63-24-7(2-38)58-31(57)18(49)13(24)44/h6-29,31-54,57H,1-5H2,(H,55,56)/t6?,7?,8?,9?,10?,11-,12+,13-,14-,15-,16-,17-,18?,19?,20?,21?,22?,23?,24+,25+,26-,27-,28+,29?,31+,32-,33-,34+,35-,36-/m1/s1. The molecular weight excluding hydrogens is 944 g/mol. The number of rotatable bonds is 16. The molecule has 12 unspecified atom stereocenters. The van der Waals surface area contributed by atoms with Gasteiger partial charge in [0.15, 0.2) is 43.8 Å². The summed E-state index contributed by atoms with van der Waals surface area (Å²) in [6.45, 7) is -4.86. The van der Waals surface area contributed by atoms with E-state index in [-0.39, 0.29) is 0 Å². The predicted molar refractivity (Wildman–Crippen MR) is 200 cm³/mol. The fourth-order valence-electron chi connectivity index (χ4n) is 8.49. The van der Waals surface area contributed by atoms with E-state index in [2.05, 4.69) is 0 Å². The van der Waals surface area contributed by atoms with Crippen LogP contribution < -0.4 is 0 Å². The van der Waals surface area contributed by atoms with Gasteiger partial charge >= 0.3 is 5.97 Å². The van der Waals surface area contributed by atoms with Gasteiger partial charge in [-0.3, -0.25) is 0 Å². The molecule has 0 bridgehead atoms. The van der Waals surface area contributed by atoms with Gasteiger partial charge < -0.3 is 154 Å². The number of aliphatic hydroxyl groups is 19. The summed E-state index contributed by atoms with van der Waals surface area (Å²) < 4.78 is 59.7. The van der Waals surface area contributed by atoms with Crippen molar-refractivity contribution in [3.8, 4) is 0 Å². The monoisotopic (exact) mass is 1000 g/mol. The maximum absolute atomic E-state index is 12.5. The van der Waals surface area contributed by atoms with Crippen LogP contribution >= 0.6 is 0 Å². The van der Waals surface area contributed by atoms with E-state index in [0.29, 0.717) is 0 Å². The highest BCUT2D eigenvalue weighted by atomic mass is 16.8. The van der Waals surface area contributed by atoms with Crippen molar-refractivity contribution in [2.75, 3.05) is 33.0 Å². The Bertz CT molecular complexity index is 1580. The minimum atomic E-state index is -2.36. The number of carbonyl (C=O) groups is 1. The highest BCUT2D eigenvalue weighted by molar-refractivity contribution is 5.73. The molecule has 6 aliphatic heterocycles. The maximum atomic E-state index is 12.5. The third-order valence-corrected chi connectivity index (χ3v) is 12.4. The van der Waals surface area contributed by atoms with Crippen molar-refractivity contribution in [3.63, 3.8) is 0 Å². The fourth-order valence-corrected chi connectivity index (χ4v) is 8.49. The summed E-state index contributed by atoms with van der Waals surface area (Å²) in [7, 11) is 0. The molecule has 6 aliphatic rings. The third-order valence-electron chi connectivity index (χ3n) is 12.4. The van der Waals surface area contributed by atoms with Gasteiger partial charge in [0.05, 0.1) is 33.0 Å². The average molecular weight is 1000 g/mol. The van der Waals surface area contributed by atoms with E-state index in [1.807, 2.05) is 0 Å². The third kappa shape index (κ3) is 11.1. The predicted octanol–water partition coefficient (Wildman–Crippen LogP) is -14.0. The first-order valence-corrected chi connectivity index (χ1v) is 21.1. The van der Waals surface area contributed by atoms with Crippen molar-refractivity contribution >= 4 is 5.97 Å². The van der Waals surface area contributed by atoms with Gasteiger partial charge in [0.25, 0.3) is 0 Å². The lowest BCUT2D eigenvalue weighted by molar-refractivity contribution is -0.393. The molecule has 68 heavy (non-hydrogen) atoms. The van der Waals surface area contributed by atoms with Crippen LogP contribution in [0.2, 0.25) is 0 Å². The SMILES string of the molecule is O=C(O)C1O[C@@H](O[C@@H]2C(CO)O[C@@H](O[C@@H]3C(CO)O[C@H](O[C@H]4C(CO)O[C@H](O)C(O)[C@H]4O)C(O)[C@H]3O)C(O)[C@H]2O)C(O)[C@@H](O)[C@@H]1O[C@H]1OC(CO)[C@H](O[C@H]2OC(CO)[C@@H](O)[C@H](O)C2O)[C@H](O)C1O. The Balaban J connectivity index is 1.09. The highest BCUT2D eigenvalue weighted by Crippen LogP contribution is 2.36. The highest BCUT2D eigenvalue weighted by Gasteiger charge is 2.58. The van der Waals surface area contributed by atoms with Gasteiger partial charge in [-0.2, -0.15) is 0 Å². The molecule has 6 rings (SSSR count). The van der Waals surface area contributed by atoms with Crippen molar-refractivity contribution in [2.45, 2.75) is 184 Å². The van der Waals surface area contributed by atoms with Crippen LogP contribution in [-0.2, 0) is 56.9 Å². The van der Waals surface area contributed by atoms with Crippen LogP contribution in [0, 0.1) is 0 Å². The molecule has 396 valence electrons. The molecule has 32 heteroatoms. The van der Waals surface area contributed by atoms with Crippen LogP contribution in [0.25, 0.3) is 0 Å². The van der Waals surface area contributed by atoms with Crippen molar-refractivity contribution in [1.82, 2.24) is 0 Å². The zero-order valence-corrected chi connectivity index (χ0v) is 35.2. The zero-order chi connectivity index (χ0) is 50.2. The molecule has 0 saturated carbocycles. The minimum absolute atomic E-state index is 0.859. The van der Waals surface area contributed by atoms with E-state index < -0.39 is 223 Å².